The molecule has 1 aromatic rings. The van der Waals surface area contributed by atoms with Crippen molar-refractivity contribution in [3.05, 3.63) is 17.0 Å². The van der Waals surface area contributed by atoms with Crippen molar-refractivity contribution in [2.75, 3.05) is 0 Å². The first-order chi connectivity index (χ1) is 9.52. The van der Waals surface area contributed by atoms with Crippen molar-refractivity contribution < 1.29 is 9.59 Å². The van der Waals surface area contributed by atoms with Gasteiger partial charge < -0.3 is 0 Å². The first kappa shape index (κ1) is 13.3. The van der Waals surface area contributed by atoms with Crippen LogP contribution in [0.15, 0.2) is 0 Å². The summed E-state index contributed by atoms with van der Waals surface area (Å²) in [5, 5.41) is 9.98. The first-order valence-electron chi connectivity index (χ1n) is 7.41. The van der Waals surface area contributed by atoms with Crippen molar-refractivity contribution in [3.8, 4) is 0 Å². The molecule has 2 atom stereocenters. The number of hydrogen-bond donors (Lipinski definition) is 2. The Morgan fingerprint density at radius 3 is 2.55 bits per heavy atom. The summed E-state index contributed by atoms with van der Waals surface area (Å²) < 4.78 is 0. The summed E-state index contributed by atoms with van der Waals surface area (Å²) in [5.41, 5.74) is 3.64. The van der Waals surface area contributed by atoms with Gasteiger partial charge in [0.15, 0.2) is 0 Å². The number of H-pyrrole nitrogens is 1. The molecular formula is C15H21N3O2. The van der Waals surface area contributed by atoms with E-state index in [0.29, 0.717) is 24.7 Å². The van der Waals surface area contributed by atoms with Gasteiger partial charge in [-0.15, -0.1) is 0 Å². The fourth-order valence-corrected chi connectivity index (χ4v) is 3.66. The Hall–Kier alpha value is -1.65. The van der Waals surface area contributed by atoms with E-state index in [-0.39, 0.29) is 17.7 Å². The second-order valence-electron chi connectivity index (χ2n) is 6.46. The fourth-order valence-electron chi connectivity index (χ4n) is 3.66. The Kier molecular flexibility index (Phi) is 3.36. The van der Waals surface area contributed by atoms with Gasteiger partial charge in [-0.3, -0.25) is 20.0 Å². The summed E-state index contributed by atoms with van der Waals surface area (Å²) in [7, 11) is 0. The minimum Gasteiger partial charge on any atom is -0.296 e. The number of piperidine rings is 1. The standard InChI is InChI=1S/C15H21N3O2/c1-8-3-9(2)15-11(4-8)12(17-18-15)5-10-6-13(19)16-14(20)7-10/h8-10H,3-7H2,1-2H3,(H,17,18)(H,16,19,20)/t8-,9+/m1/s1. The van der Waals surface area contributed by atoms with Gasteiger partial charge in [-0.2, -0.15) is 5.10 Å². The zero-order chi connectivity index (χ0) is 14.3. The molecule has 2 N–H and O–H groups in total. The molecule has 2 amide bonds. The molecule has 0 unspecified atom stereocenters. The van der Waals surface area contributed by atoms with Crippen LogP contribution < -0.4 is 5.32 Å². The van der Waals surface area contributed by atoms with Gasteiger partial charge in [0.05, 0.1) is 5.69 Å². The lowest BCUT2D eigenvalue weighted by Crippen LogP contribution is -2.39. The zero-order valence-corrected chi connectivity index (χ0v) is 12.0. The SMILES string of the molecule is C[C@H]1Cc2c(n[nH]c2CC2CC(=O)NC(=O)C2)[C@@H](C)C1. The molecular weight excluding hydrogens is 254 g/mol. The summed E-state index contributed by atoms with van der Waals surface area (Å²) in [5.74, 6) is 0.969. The highest BCUT2D eigenvalue weighted by atomic mass is 16.2. The average Bonchev–Trinajstić information content (AvgIpc) is 2.71. The molecule has 108 valence electrons. The van der Waals surface area contributed by atoms with E-state index in [4.69, 9.17) is 0 Å². The number of rotatable bonds is 2. The fraction of sp³-hybridized carbons (Fsp3) is 0.667. The third-order valence-electron chi connectivity index (χ3n) is 4.48. The molecule has 5 heteroatoms. The van der Waals surface area contributed by atoms with Crippen LogP contribution in [0.4, 0.5) is 0 Å². The van der Waals surface area contributed by atoms with Gasteiger partial charge in [0.2, 0.25) is 11.8 Å². The number of nitrogens with zero attached hydrogens (tertiary/aromatic N) is 1. The van der Waals surface area contributed by atoms with Gasteiger partial charge in [-0.1, -0.05) is 13.8 Å². The zero-order valence-electron chi connectivity index (χ0n) is 12.0. The van der Waals surface area contributed by atoms with Crippen LogP contribution in [0, 0.1) is 11.8 Å². The topological polar surface area (TPSA) is 74.8 Å². The van der Waals surface area contributed by atoms with E-state index in [0.717, 1.165) is 18.5 Å². The van der Waals surface area contributed by atoms with E-state index in [9.17, 15) is 9.59 Å². The highest BCUT2D eigenvalue weighted by molar-refractivity contribution is 5.97. The summed E-state index contributed by atoms with van der Waals surface area (Å²) in [4.78, 5) is 22.9. The Morgan fingerprint density at radius 1 is 1.15 bits per heavy atom. The van der Waals surface area contributed by atoms with Crippen molar-refractivity contribution in [3.63, 3.8) is 0 Å². The van der Waals surface area contributed by atoms with Gasteiger partial charge in [0.25, 0.3) is 0 Å². The largest absolute Gasteiger partial charge is 0.296 e. The smallest absolute Gasteiger partial charge is 0.226 e. The van der Waals surface area contributed by atoms with Gasteiger partial charge in [-0.25, -0.2) is 0 Å². The van der Waals surface area contributed by atoms with Gasteiger partial charge in [0.1, 0.15) is 0 Å². The molecule has 3 rings (SSSR count). The molecule has 0 aromatic carbocycles. The number of aromatic amines is 1. The van der Waals surface area contributed by atoms with Crippen LogP contribution in [-0.2, 0) is 22.4 Å². The van der Waals surface area contributed by atoms with Crippen LogP contribution in [0.2, 0.25) is 0 Å². The number of imide groups is 1. The van der Waals surface area contributed by atoms with E-state index in [1.807, 2.05) is 0 Å². The predicted molar refractivity (Wildman–Crippen MR) is 74.1 cm³/mol. The lowest BCUT2D eigenvalue weighted by molar-refractivity contribution is -0.134. The highest BCUT2D eigenvalue weighted by Crippen LogP contribution is 2.35. The Balaban J connectivity index is 1.78. The highest BCUT2D eigenvalue weighted by Gasteiger charge is 2.30. The van der Waals surface area contributed by atoms with E-state index in [2.05, 4.69) is 29.4 Å². The van der Waals surface area contributed by atoms with Gasteiger partial charge >= 0.3 is 0 Å². The van der Waals surface area contributed by atoms with Crippen LogP contribution in [0.3, 0.4) is 0 Å². The molecule has 2 aliphatic rings. The number of carbonyl (C=O) groups excluding carboxylic acids is 2. The van der Waals surface area contributed by atoms with Crippen molar-refractivity contribution in [2.24, 2.45) is 11.8 Å². The first-order valence-corrected chi connectivity index (χ1v) is 7.41. The maximum absolute atomic E-state index is 11.4. The maximum Gasteiger partial charge on any atom is 0.226 e. The van der Waals surface area contributed by atoms with Crippen LogP contribution in [0.5, 0.6) is 0 Å². The van der Waals surface area contributed by atoms with Crippen molar-refractivity contribution >= 4 is 11.8 Å². The number of fused-ring (bicyclic) bond motifs is 1. The summed E-state index contributed by atoms with van der Waals surface area (Å²) in [6.45, 7) is 4.49. The molecule has 0 spiro atoms. The summed E-state index contributed by atoms with van der Waals surface area (Å²) in [6, 6.07) is 0. The third kappa shape index (κ3) is 2.49. The number of nitrogens with one attached hydrogen (secondary N) is 2. The van der Waals surface area contributed by atoms with Crippen molar-refractivity contribution in [2.45, 2.75) is 51.9 Å². The number of carbonyl (C=O) groups is 2. The molecule has 0 saturated carbocycles. The monoisotopic (exact) mass is 275 g/mol. The van der Waals surface area contributed by atoms with Crippen LogP contribution in [-0.4, -0.2) is 22.0 Å². The Morgan fingerprint density at radius 2 is 1.85 bits per heavy atom. The second-order valence-corrected chi connectivity index (χ2v) is 6.46. The minimum absolute atomic E-state index is 0.105. The van der Waals surface area contributed by atoms with E-state index in [1.54, 1.807) is 0 Å². The molecule has 0 radical (unpaired) electrons. The quantitative estimate of drug-likeness (QED) is 0.807. The average molecular weight is 275 g/mol. The summed E-state index contributed by atoms with van der Waals surface area (Å²) >= 11 is 0. The van der Waals surface area contributed by atoms with Gasteiger partial charge in [0, 0.05) is 24.5 Å². The Labute approximate surface area is 118 Å². The van der Waals surface area contributed by atoms with E-state index < -0.39 is 0 Å². The normalized spacial score (nSPS) is 27.3. The molecule has 5 nitrogen and oxygen atoms in total. The number of hydrogen-bond acceptors (Lipinski definition) is 3. The molecule has 0 bridgehead atoms. The second kappa shape index (κ2) is 5.04. The molecule has 1 aliphatic heterocycles. The third-order valence-corrected chi connectivity index (χ3v) is 4.48. The molecule has 1 aromatic heterocycles. The van der Waals surface area contributed by atoms with Crippen molar-refractivity contribution in [1.82, 2.24) is 15.5 Å². The minimum atomic E-state index is -0.152. The maximum atomic E-state index is 11.4. The Bertz CT molecular complexity index is 533. The lowest BCUT2D eigenvalue weighted by atomic mass is 9.80. The molecule has 1 aliphatic carbocycles. The van der Waals surface area contributed by atoms with Crippen LogP contribution in [0.25, 0.3) is 0 Å². The van der Waals surface area contributed by atoms with Crippen LogP contribution in [0.1, 0.15) is 56.0 Å². The number of aromatic nitrogens is 2. The van der Waals surface area contributed by atoms with Crippen molar-refractivity contribution in [1.29, 1.82) is 0 Å². The molecule has 2 heterocycles. The number of amides is 2. The van der Waals surface area contributed by atoms with Gasteiger partial charge in [-0.05, 0) is 36.7 Å². The predicted octanol–water partition coefficient (Wildman–Crippen LogP) is 1.69. The molecule has 1 saturated heterocycles. The van der Waals surface area contributed by atoms with E-state index >= 15 is 0 Å². The summed E-state index contributed by atoms with van der Waals surface area (Å²) in [6.07, 6.45) is 3.86. The molecule has 1 fully saturated rings. The van der Waals surface area contributed by atoms with Crippen LogP contribution >= 0.6 is 0 Å². The van der Waals surface area contributed by atoms with E-state index in [1.165, 1.54) is 17.7 Å². The lowest BCUT2D eigenvalue weighted by Gasteiger charge is -2.25. The molecule has 20 heavy (non-hydrogen) atoms.